The zero-order valence-corrected chi connectivity index (χ0v) is 13.9. The molecule has 0 aromatic heterocycles. The topological polar surface area (TPSA) is 46.6 Å². The van der Waals surface area contributed by atoms with Crippen molar-refractivity contribution in [1.29, 1.82) is 0 Å². The molecule has 0 spiro atoms. The Hall–Kier alpha value is -1.84. The Balaban J connectivity index is 2.68. The van der Waals surface area contributed by atoms with Crippen molar-refractivity contribution in [3.05, 3.63) is 35.4 Å². The average Bonchev–Trinajstić information content (AvgIpc) is 2.51. The highest BCUT2D eigenvalue weighted by Gasteiger charge is 2.16. The minimum absolute atomic E-state index is 0.0135. The zero-order chi connectivity index (χ0) is 16.4. The summed E-state index contributed by atoms with van der Waals surface area (Å²) in [5, 5.41) is 0. The lowest BCUT2D eigenvalue weighted by atomic mass is 10.1. The van der Waals surface area contributed by atoms with Crippen LogP contribution in [0, 0.1) is 6.92 Å². The highest BCUT2D eigenvalue weighted by molar-refractivity contribution is 5.94. The minimum Gasteiger partial charge on any atom is -0.466 e. The van der Waals surface area contributed by atoms with Gasteiger partial charge in [0.1, 0.15) is 0 Å². The van der Waals surface area contributed by atoms with E-state index >= 15 is 0 Å². The Bertz CT molecular complexity index is 468. The van der Waals surface area contributed by atoms with E-state index in [1.165, 1.54) is 0 Å². The van der Waals surface area contributed by atoms with Crippen molar-refractivity contribution >= 4 is 11.9 Å². The maximum Gasteiger partial charge on any atom is 0.307 e. The van der Waals surface area contributed by atoms with E-state index in [1.807, 2.05) is 31.2 Å². The summed E-state index contributed by atoms with van der Waals surface area (Å²) in [4.78, 5) is 25.9. The fourth-order valence-electron chi connectivity index (χ4n) is 2.21. The molecule has 1 aromatic rings. The van der Waals surface area contributed by atoms with E-state index in [0.717, 1.165) is 24.8 Å². The second-order valence-electron chi connectivity index (χ2n) is 5.42. The molecule has 0 aliphatic heterocycles. The Morgan fingerprint density at radius 1 is 1.05 bits per heavy atom. The first-order valence-electron chi connectivity index (χ1n) is 8.10. The number of esters is 1. The molecule has 122 valence electrons. The molecule has 4 nitrogen and oxygen atoms in total. The first-order chi connectivity index (χ1) is 10.6. The molecule has 0 saturated carbocycles. The monoisotopic (exact) mass is 305 g/mol. The SMILES string of the molecule is CCCCCN(CCC(=O)OCC)C(=O)c1ccc(C)cc1. The molecule has 0 aliphatic carbocycles. The lowest BCUT2D eigenvalue weighted by molar-refractivity contribution is -0.143. The number of carbonyl (C=O) groups excluding carboxylic acids is 2. The second-order valence-corrected chi connectivity index (χ2v) is 5.42. The van der Waals surface area contributed by atoms with Gasteiger partial charge in [0, 0.05) is 18.7 Å². The minimum atomic E-state index is -0.250. The molecule has 1 amide bonds. The maximum atomic E-state index is 12.6. The quantitative estimate of drug-likeness (QED) is 0.517. The normalized spacial score (nSPS) is 10.3. The van der Waals surface area contributed by atoms with Gasteiger partial charge in [-0.05, 0) is 32.4 Å². The number of carbonyl (C=O) groups is 2. The van der Waals surface area contributed by atoms with E-state index in [9.17, 15) is 9.59 Å². The van der Waals surface area contributed by atoms with E-state index in [2.05, 4.69) is 6.92 Å². The third-order valence-electron chi connectivity index (χ3n) is 3.51. The zero-order valence-electron chi connectivity index (χ0n) is 13.9. The predicted molar refractivity (Wildman–Crippen MR) is 87.9 cm³/mol. The third-order valence-corrected chi connectivity index (χ3v) is 3.51. The van der Waals surface area contributed by atoms with E-state index < -0.39 is 0 Å². The average molecular weight is 305 g/mol. The van der Waals surface area contributed by atoms with Gasteiger partial charge in [-0.25, -0.2) is 0 Å². The van der Waals surface area contributed by atoms with Gasteiger partial charge in [0.05, 0.1) is 13.0 Å². The maximum absolute atomic E-state index is 12.6. The number of unbranched alkanes of at least 4 members (excludes halogenated alkanes) is 2. The molecule has 0 bridgehead atoms. The van der Waals surface area contributed by atoms with Crippen LogP contribution in [0.5, 0.6) is 0 Å². The van der Waals surface area contributed by atoms with Crippen molar-refractivity contribution in [3.8, 4) is 0 Å². The van der Waals surface area contributed by atoms with E-state index in [4.69, 9.17) is 4.74 Å². The first kappa shape index (κ1) is 18.2. The fourth-order valence-corrected chi connectivity index (χ4v) is 2.21. The van der Waals surface area contributed by atoms with Crippen LogP contribution < -0.4 is 0 Å². The van der Waals surface area contributed by atoms with E-state index in [-0.39, 0.29) is 18.3 Å². The van der Waals surface area contributed by atoms with Crippen LogP contribution in [0.2, 0.25) is 0 Å². The van der Waals surface area contributed by atoms with Crippen molar-refractivity contribution in [2.24, 2.45) is 0 Å². The summed E-state index contributed by atoms with van der Waals surface area (Å²) in [6.07, 6.45) is 3.38. The molecule has 22 heavy (non-hydrogen) atoms. The molecule has 0 radical (unpaired) electrons. The Morgan fingerprint density at radius 2 is 1.73 bits per heavy atom. The van der Waals surface area contributed by atoms with Crippen LogP contribution in [0.25, 0.3) is 0 Å². The van der Waals surface area contributed by atoms with Crippen molar-refractivity contribution in [2.75, 3.05) is 19.7 Å². The summed E-state index contributed by atoms with van der Waals surface area (Å²) < 4.78 is 4.94. The first-order valence-corrected chi connectivity index (χ1v) is 8.10. The van der Waals surface area contributed by atoms with Gasteiger partial charge in [-0.15, -0.1) is 0 Å². The van der Waals surface area contributed by atoms with Gasteiger partial charge < -0.3 is 9.64 Å². The summed E-state index contributed by atoms with van der Waals surface area (Å²) >= 11 is 0. The lowest BCUT2D eigenvalue weighted by Crippen LogP contribution is -2.34. The molecule has 0 heterocycles. The largest absolute Gasteiger partial charge is 0.466 e. The van der Waals surface area contributed by atoms with Crippen molar-refractivity contribution in [1.82, 2.24) is 4.90 Å². The van der Waals surface area contributed by atoms with E-state index in [0.29, 0.717) is 25.3 Å². The smallest absolute Gasteiger partial charge is 0.307 e. The van der Waals surface area contributed by atoms with Gasteiger partial charge in [0.15, 0.2) is 0 Å². The van der Waals surface area contributed by atoms with Crippen molar-refractivity contribution in [3.63, 3.8) is 0 Å². The van der Waals surface area contributed by atoms with Crippen molar-refractivity contribution in [2.45, 2.75) is 46.5 Å². The summed E-state index contributed by atoms with van der Waals surface area (Å²) in [5.74, 6) is -0.264. The summed E-state index contributed by atoms with van der Waals surface area (Å²) in [6.45, 7) is 7.38. The molecular weight excluding hydrogens is 278 g/mol. The number of rotatable bonds is 9. The molecule has 1 rings (SSSR count). The third kappa shape index (κ3) is 6.29. The van der Waals surface area contributed by atoms with Crippen LogP contribution in [0.3, 0.4) is 0 Å². The Morgan fingerprint density at radius 3 is 2.32 bits per heavy atom. The molecule has 0 saturated heterocycles. The number of aryl methyl sites for hydroxylation is 1. The lowest BCUT2D eigenvalue weighted by Gasteiger charge is -2.22. The summed E-state index contributed by atoms with van der Waals surface area (Å²) in [7, 11) is 0. The highest BCUT2D eigenvalue weighted by atomic mass is 16.5. The number of ether oxygens (including phenoxy) is 1. The number of hydrogen-bond acceptors (Lipinski definition) is 3. The van der Waals surface area contributed by atoms with Crippen LogP contribution >= 0.6 is 0 Å². The molecular formula is C18H27NO3. The van der Waals surface area contributed by atoms with E-state index in [1.54, 1.807) is 11.8 Å². The van der Waals surface area contributed by atoms with Gasteiger partial charge in [0.25, 0.3) is 5.91 Å². The predicted octanol–water partition coefficient (Wildman–Crippen LogP) is 3.58. The molecule has 0 aliphatic rings. The van der Waals surface area contributed by atoms with Crippen LogP contribution in [0.15, 0.2) is 24.3 Å². The number of benzene rings is 1. The van der Waals surface area contributed by atoms with Crippen LogP contribution in [-0.4, -0.2) is 36.5 Å². The summed E-state index contributed by atoms with van der Waals surface area (Å²) in [5.41, 5.74) is 1.80. The standard InChI is InChI=1S/C18H27NO3/c1-4-6-7-13-19(14-12-17(20)22-5-2)18(21)16-10-8-15(3)9-11-16/h8-11H,4-7,12-14H2,1-3H3. The van der Waals surface area contributed by atoms with Gasteiger partial charge in [-0.1, -0.05) is 37.5 Å². The molecule has 0 N–H and O–H groups in total. The second kappa shape index (κ2) is 9.98. The van der Waals surface area contributed by atoms with Crippen LogP contribution in [0.1, 0.15) is 55.5 Å². The van der Waals surface area contributed by atoms with Crippen LogP contribution in [0.4, 0.5) is 0 Å². The summed E-state index contributed by atoms with van der Waals surface area (Å²) in [6, 6.07) is 7.55. The van der Waals surface area contributed by atoms with Gasteiger partial charge in [0.2, 0.25) is 0 Å². The number of amides is 1. The van der Waals surface area contributed by atoms with Gasteiger partial charge >= 0.3 is 5.97 Å². The molecule has 0 unspecified atom stereocenters. The number of hydrogen-bond donors (Lipinski definition) is 0. The Kier molecular flexibility index (Phi) is 8.26. The van der Waals surface area contributed by atoms with Crippen molar-refractivity contribution < 1.29 is 14.3 Å². The fraction of sp³-hybridized carbons (Fsp3) is 0.556. The van der Waals surface area contributed by atoms with Gasteiger partial charge in [-0.2, -0.15) is 0 Å². The number of nitrogens with zero attached hydrogens (tertiary/aromatic N) is 1. The Labute approximate surface area is 133 Å². The van der Waals surface area contributed by atoms with Gasteiger partial charge in [-0.3, -0.25) is 9.59 Å². The highest BCUT2D eigenvalue weighted by Crippen LogP contribution is 2.10. The molecule has 1 aromatic carbocycles. The molecule has 4 heteroatoms. The molecule has 0 atom stereocenters. The molecule has 0 fully saturated rings. The van der Waals surface area contributed by atoms with Crippen LogP contribution in [-0.2, 0) is 9.53 Å².